The molecule has 1 heterocycles. The summed E-state index contributed by atoms with van der Waals surface area (Å²) < 4.78 is 5.56. The molecule has 0 spiro atoms. The number of nitrogens with zero attached hydrogens (tertiary/aromatic N) is 1. The van der Waals surface area contributed by atoms with E-state index in [4.69, 9.17) is 4.74 Å². The zero-order valence-corrected chi connectivity index (χ0v) is 14.0. The van der Waals surface area contributed by atoms with Gasteiger partial charge in [-0.15, -0.1) is 0 Å². The summed E-state index contributed by atoms with van der Waals surface area (Å²) in [5.41, 5.74) is 4.17. The molecular weight excluding hydrogens is 260 g/mol. The minimum atomic E-state index is 0.408. The fraction of sp³-hybridized carbons (Fsp3) is 0.667. The van der Waals surface area contributed by atoms with Crippen molar-refractivity contribution in [3.05, 3.63) is 34.9 Å². The molecule has 3 heteroatoms. The quantitative estimate of drug-likeness (QED) is 0.871. The van der Waals surface area contributed by atoms with E-state index in [0.717, 1.165) is 32.8 Å². The summed E-state index contributed by atoms with van der Waals surface area (Å²) in [6, 6.07) is 7.73. The molecule has 0 radical (unpaired) electrons. The maximum atomic E-state index is 5.56. The van der Waals surface area contributed by atoms with Gasteiger partial charge in [0.05, 0.1) is 13.2 Å². The summed E-state index contributed by atoms with van der Waals surface area (Å²) in [5.74, 6) is 0. The van der Waals surface area contributed by atoms with Crippen LogP contribution in [-0.4, -0.2) is 43.8 Å². The Morgan fingerprint density at radius 3 is 2.86 bits per heavy atom. The smallest absolute Gasteiger partial charge is 0.0619 e. The SMILES string of the molecule is CCCNC(CN1CCOCC1C)c1ccc(C)cc1C. The van der Waals surface area contributed by atoms with E-state index in [1.807, 2.05) is 0 Å². The van der Waals surface area contributed by atoms with E-state index in [2.05, 4.69) is 56.1 Å². The molecule has 1 fully saturated rings. The summed E-state index contributed by atoms with van der Waals surface area (Å²) in [6.45, 7) is 13.8. The van der Waals surface area contributed by atoms with E-state index in [1.165, 1.54) is 23.1 Å². The minimum Gasteiger partial charge on any atom is -0.379 e. The Morgan fingerprint density at radius 2 is 2.19 bits per heavy atom. The maximum Gasteiger partial charge on any atom is 0.0619 e. The van der Waals surface area contributed by atoms with Crippen molar-refractivity contribution >= 4 is 0 Å². The Hall–Kier alpha value is -0.900. The van der Waals surface area contributed by atoms with Crippen molar-refractivity contribution in [1.82, 2.24) is 10.2 Å². The molecule has 3 nitrogen and oxygen atoms in total. The van der Waals surface area contributed by atoms with Crippen LogP contribution < -0.4 is 5.32 Å². The molecule has 2 unspecified atom stereocenters. The highest BCUT2D eigenvalue weighted by Gasteiger charge is 2.23. The predicted molar refractivity (Wildman–Crippen MR) is 88.8 cm³/mol. The van der Waals surface area contributed by atoms with Gasteiger partial charge in [0.1, 0.15) is 0 Å². The van der Waals surface area contributed by atoms with Gasteiger partial charge in [-0.2, -0.15) is 0 Å². The lowest BCUT2D eigenvalue weighted by Crippen LogP contribution is -2.47. The van der Waals surface area contributed by atoms with Gasteiger partial charge in [-0.25, -0.2) is 0 Å². The van der Waals surface area contributed by atoms with Crippen LogP contribution in [0.5, 0.6) is 0 Å². The molecular formula is C18H30N2O. The van der Waals surface area contributed by atoms with Crippen molar-refractivity contribution < 1.29 is 4.74 Å². The Balaban J connectivity index is 2.13. The molecule has 0 saturated carbocycles. The Kier molecular flexibility index (Phi) is 6.22. The summed E-state index contributed by atoms with van der Waals surface area (Å²) in [5, 5.41) is 3.73. The lowest BCUT2D eigenvalue weighted by Gasteiger charge is -2.36. The molecule has 0 amide bonds. The number of hydrogen-bond acceptors (Lipinski definition) is 3. The van der Waals surface area contributed by atoms with Crippen LogP contribution in [0.25, 0.3) is 0 Å². The van der Waals surface area contributed by atoms with Crippen molar-refractivity contribution in [2.75, 3.05) is 32.8 Å². The molecule has 2 rings (SSSR count). The van der Waals surface area contributed by atoms with E-state index < -0.39 is 0 Å². The average Bonchev–Trinajstić information content (AvgIpc) is 2.46. The van der Waals surface area contributed by atoms with Gasteiger partial charge in [0.15, 0.2) is 0 Å². The van der Waals surface area contributed by atoms with Crippen molar-refractivity contribution in [3.8, 4) is 0 Å². The Morgan fingerprint density at radius 1 is 1.38 bits per heavy atom. The molecule has 0 bridgehead atoms. The van der Waals surface area contributed by atoms with Crippen LogP contribution in [0.2, 0.25) is 0 Å². The van der Waals surface area contributed by atoms with E-state index >= 15 is 0 Å². The van der Waals surface area contributed by atoms with Crippen LogP contribution >= 0.6 is 0 Å². The van der Waals surface area contributed by atoms with Gasteiger partial charge in [-0.1, -0.05) is 30.7 Å². The summed E-state index contributed by atoms with van der Waals surface area (Å²) in [7, 11) is 0. The highest BCUT2D eigenvalue weighted by atomic mass is 16.5. The van der Waals surface area contributed by atoms with E-state index in [1.54, 1.807) is 0 Å². The monoisotopic (exact) mass is 290 g/mol. The lowest BCUT2D eigenvalue weighted by molar-refractivity contribution is -0.00451. The van der Waals surface area contributed by atoms with Gasteiger partial charge in [0.25, 0.3) is 0 Å². The van der Waals surface area contributed by atoms with Gasteiger partial charge >= 0.3 is 0 Å². The topological polar surface area (TPSA) is 24.5 Å². The number of nitrogens with one attached hydrogen (secondary N) is 1. The Bertz CT molecular complexity index is 447. The van der Waals surface area contributed by atoms with Crippen LogP contribution in [-0.2, 0) is 4.74 Å². The predicted octanol–water partition coefficient (Wildman–Crippen LogP) is 3.06. The first-order valence-electron chi connectivity index (χ1n) is 8.24. The molecule has 2 atom stereocenters. The molecule has 118 valence electrons. The summed E-state index contributed by atoms with van der Waals surface area (Å²) >= 11 is 0. The number of benzene rings is 1. The molecule has 1 aromatic rings. The number of ether oxygens (including phenoxy) is 1. The minimum absolute atomic E-state index is 0.408. The fourth-order valence-corrected chi connectivity index (χ4v) is 3.08. The van der Waals surface area contributed by atoms with Gasteiger partial charge in [0.2, 0.25) is 0 Å². The van der Waals surface area contributed by atoms with Gasteiger partial charge in [0, 0.05) is 25.2 Å². The van der Waals surface area contributed by atoms with E-state index in [0.29, 0.717) is 12.1 Å². The van der Waals surface area contributed by atoms with Crippen LogP contribution in [0, 0.1) is 13.8 Å². The third kappa shape index (κ3) is 4.53. The molecule has 1 saturated heterocycles. The van der Waals surface area contributed by atoms with Crippen LogP contribution in [0.1, 0.15) is 43.0 Å². The molecule has 1 N–H and O–H groups in total. The van der Waals surface area contributed by atoms with Gasteiger partial charge in [-0.05, 0) is 44.9 Å². The number of hydrogen-bond donors (Lipinski definition) is 1. The third-order valence-electron chi connectivity index (χ3n) is 4.36. The number of rotatable bonds is 6. The van der Waals surface area contributed by atoms with Gasteiger partial charge < -0.3 is 10.1 Å². The highest BCUT2D eigenvalue weighted by molar-refractivity contribution is 5.33. The zero-order chi connectivity index (χ0) is 15.2. The van der Waals surface area contributed by atoms with Crippen molar-refractivity contribution in [3.63, 3.8) is 0 Å². The lowest BCUT2D eigenvalue weighted by atomic mass is 9.98. The maximum absolute atomic E-state index is 5.56. The molecule has 21 heavy (non-hydrogen) atoms. The molecule has 1 aliphatic heterocycles. The van der Waals surface area contributed by atoms with Crippen molar-refractivity contribution in [2.45, 2.75) is 46.2 Å². The molecule has 0 aliphatic carbocycles. The molecule has 1 aliphatic rings. The summed E-state index contributed by atoms with van der Waals surface area (Å²) in [4.78, 5) is 2.55. The zero-order valence-electron chi connectivity index (χ0n) is 14.0. The number of morpholine rings is 1. The first-order valence-corrected chi connectivity index (χ1v) is 8.24. The standard InChI is InChI=1S/C18H30N2O/c1-5-8-19-18(12-20-9-10-21-13-16(20)4)17-7-6-14(2)11-15(17)3/h6-7,11,16,18-19H,5,8-10,12-13H2,1-4H3. The average molecular weight is 290 g/mol. The second kappa shape index (κ2) is 7.92. The van der Waals surface area contributed by atoms with Crippen molar-refractivity contribution in [1.29, 1.82) is 0 Å². The normalized spacial score (nSPS) is 21.4. The second-order valence-corrected chi connectivity index (χ2v) is 6.29. The Labute approximate surface area is 129 Å². The summed E-state index contributed by atoms with van der Waals surface area (Å²) in [6.07, 6.45) is 1.17. The second-order valence-electron chi connectivity index (χ2n) is 6.29. The van der Waals surface area contributed by atoms with Crippen LogP contribution in [0.3, 0.4) is 0 Å². The van der Waals surface area contributed by atoms with E-state index in [9.17, 15) is 0 Å². The molecule has 0 aromatic heterocycles. The van der Waals surface area contributed by atoms with Gasteiger partial charge in [-0.3, -0.25) is 4.90 Å². The van der Waals surface area contributed by atoms with Crippen LogP contribution in [0.4, 0.5) is 0 Å². The van der Waals surface area contributed by atoms with E-state index in [-0.39, 0.29) is 0 Å². The first kappa shape index (κ1) is 16.5. The molecule has 1 aromatic carbocycles. The van der Waals surface area contributed by atoms with Crippen molar-refractivity contribution in [2.24, 2.45) is 0 Å². The number of aryl methyl sites for hydroxylation is 2. The van der Waals surface area contributed by atoms with Crippen LogP contribution in [0.15, 0.2) is 18.2 Å². The third-order valence-corrected chi connectivity index (χ3v) is 4.36. The first-order chi connectivity index (χ1) is 10.1. The fourth-order valence-electron chi connectivity index (χ4n) is 3.08. The largest absolute Gasteiger partial charge is 0.379 e. The highest BCUT2D eigenvalue weighted by Crippen LogP contribution is 2.22.